The molecule has 0 radical (unpaired) electrons. The molecule has 1 unspecified atom stereocenters. The van der Waals surface area contributed by atoms with Gasteiger partial charge in [0, 0.05) is 17.7 Å². The molecule has 6 heteroatoms. The smallest absolute Gasteiger partial charge is 0.129 e. The standard InChI is InChI=1S/C25H37N5S/c1-19(2)9-6-10-20(3)11-7-12-21(4)14-16-31-18-24(23-17-27-30-29-23)28-25-22(5)13-8-15-26-25/h8-9,11,13-15,17,24H,6-7,10,12,16,18H2,1-5H3,(H,26,28)(H,27,29,30)/b20-11+,21-14+. The molecule has 1 atom stereocenters. The summed E-state index contributed by atoms with van der Waals surface area (Å²) in [7, 11) is 0. The highest BCUT2D eigenvalue weighted by molar-refractivity contribution is 7.99. The number of H-pyrrole nitrogens is 1. The average Bonchev–Trinajstić information content (AvgIpc) is 3.26. The zero-order chi connectivity index (χ0) is 22.5. The summed E-state index contributed by atoms with van der Waals surface area (Å²) in [5.74, 6) is 2.79. The number of nitrogens with one attached hydrogen (secondary N) is 2. The number of rotatable bonds is 13. The number of anilines is 1. The summed E-state index contributed by atoms with van der Waals surface area (Å²) in [6, 6.07) is 4.08. The van der Waals surface area contributed by atoms with Gasteiger partial charge in [-0.15, -0.1) is 0 Å². The highest BCUT2D eigenvalue weighted by Gasteiger charge is 2.15. The summed E-state index contributed by atoms with van der Waals surface area (Å²) in [4.78, 5) is 4.46. The third kappa shape index (κ3) is 10.0. The van der Waals surface area contributed by atoms with Gasteiger partial charge in [-0.3, -0.25) is 0 Å². The summed E-state index contributed by atoms with van der Waals surface area (Å²) in [5.41, 5.74) is 6.38. The first kappa shape index (κ1) is 24.9. The first-order valence-corrected chi connectivity index (χ1v) is 12.2. The largest absolute Gasteiger partial charge is 0.360 e. The van der Waals surface area contributed by atoms with Crippen molar-refractivity contribution in [2.75, 3.05) is 16.8 Å². The van der Waals surface area contributed by atoms with Crippen LogP contribution in [0.25, 0.3) is 0 Å². The number of aromatic nitrogens is 4. The molecule has 2 rings (SSSR count). The maximum Gasteiger partial charge on any atom is 0.129 e. The van der Waals surface area contributed by atoms with Crippen molar-refractivity contribution in [2.24, 2.45) is 0 Å². The summed E-state index contributed by atoms with van der Waals surface area (Å²) in [5, 5.41) is 14.5. The molecule has 31 heavy (non-hydrogen) atoms. The van der Waals surface area contributed by atoms with E-state index in [1.54, 1.807) is 6.20 Å². The van der Waals surface area contributed by atoms with E-state index in [1.165, 1.54) is 16.7 Å². The summed E-state index contributed by atoms with van der Waals surface area (Å²) in [6.07, 6.45) is 15.2. The van der Waals surface area contributed by atoms with Crippen LogP contribution in [0.2, 0.25) is 0 Å². The zero-order valence-electron chi connectivity index (χ0n) is 19.6. The van der Waals surface area contributed by atoms with Gasteiger partial charge in [-0.25, -0.2) is 4.98 Å². The van der Waals surface area contributed by atoms with Crippen LogP contribution in [0.15, 0.2) is 59.5 Å². The Bertz CT molecular complexity index is 864. The van der Waals surface area contributed by atoms with Crippen molar-refractivity contribution in [2.45, 2.75) is 66.3 Å². The number of thioether (sulfide) groups is 1. The van der Waals surface area contributed by atoms with Crippen LogP contribution in [0.5, 0.6) is 0 Å². The lowest BCUT2D eigenvalue weighted by Gasteiger charge is -2.17. The molecule has 5 nitrogen and oxygen atoms in total. The van der Waals surface area contributed by atoms with Crippen LogP contribution in [0, 0.1) is 6.92 Å². The van der Waals surface area contributed by atoms with Crippen LogP contribution in [0.4, 0.5) is 5.82 Å². The van der Waals surface area contributed by atoms with Crippen molar-refractivity contribution < 1.29 is 0 Å². The number of hydrogen-bond acceptors (Lipinski definition) is 5. The topological polar surface area (TPSA) is 66.5 Å². The molecule has 2 heterocycles. The summed E-state index contributed by atoms with van der Waals surface area (Å²) in [6.45, 7) is 10.9. The van der Waals surface area contributed by atoms with Gasteiger partial charge in [-0.1, -0.05) is 41.0 Å². The van der Waals surface area contributed by atoms with Crippen molar-refractivity contribution in [3.63, 3.8) is 0 Å². The molecule has 0 aliphatic rings. The van der Waals surface area contributed by atoms with Gasteiger partial charge in [0.2, 0.25) is 0 Å². The highest BCUT2D eigenvalue weighted by Crippen LogP contribution is 2.23. The van der Waals surface area contributed by atoms with Crippen LogP contribution in [0.3, 0.4) is 0 Å². The fourth-order valence-electron chi connectivity index (χ4n) is 3.11. The molecular formula is C25H37N5S. The van der Waals surface area contributed by atoms with Crippen molar-refractivity contribution in [3.05, 3.63) is 70.7 Å². The van der Waals surface area contributed by atoms with Crippen LogP contribution in [-0.4, -0.2) is 31.9 Å². The van der Waals surface area contributed by atoms with Crippen LogP contribution in [-0.2, 0) is 0 Å². The van der Waals surface area contributed by atoms with Crippen LogP contribution < -0.4 is 5.32 Å². The molecular weight excluding hydrogens is 402 g/mol. The summed E-state index contributed by atoms with van der Waals surface area (Å²) >= 11 is 1.90. The Morgan fingerprint density at radius 1 is 1.10 bits per heavy atom. The SMILES string of the molecule is CC(C)=CCC/C(C)=C/CC/C(C)=C/CSCC(Nc1ncccc1C)c1cn[nH]n1. The third-order valence-electron chi connectivity index (χ3n) is 5.07. The number of allylic oxidation sites excluding steroid dienone is 5. The predicted octanol–water partition coefficient (Wildman–Crippen LogP) is 6.81. The molecule has 0 aliphatic carbocycles. The molecule has 2 aromatic heterocycles. The van der Waals surface area contributed by atoms with Crippen molar-refractivity contribution >= 4 is 17.6 Å². The van der Waals surface area contributed by atoms with E-state index in [2.05, 4.69) is 84.6 Å². The monoisotopic (exact) mass is 439 g/mol. The van der Waals surface area contributed by atoms with E-state index in [-0.39, 0.29) is 6.04 Å². The van der Waals surface area contributed by atoms with E-state index in [9.17, 15) is 0 Å². The van der Waals surface area contributed by atoms with E-state index in [0.717, 1.165) is 54.3 Å². The molecule has 0 amide bonds. The molecule has 0 bridgehead atoms. The molecule has 0 saturated carbocycles. The second-order valence-electron chi connectivity index (χ2n) is 8.26. The van der Waals surface area contributed by atoms with Crippen molar-refractivity contribution in [1.29, 1.82) is 0 Å². The minimum absolute atomic E-state index is 0.0671. The Hall–Kier alpha value is -2.34. The molecule has 0 spiro atoms. The summed E-state index contributed by atoms with van der Waals surface area (Å²) < 4.78 is 0. The maximum absolute atomic E-state index is 4.46. The normalized spacial score (nSPS) is 13.2. The first-order valence-electron chi connectivity index (χ1n) is 11.0. The third-order valence-corrected chi connectivity index (χ3v) is 6.04. The first-order chi connectivity index (χ1) is 15.0. The van der Waals surface area contributed by atoms with Gasteiger partial charge >= 0.3 is 0 Å². The maximum atomic E-state index is 4.46. The van der Waals surface area contributed by atoms with E-state index < -0.39 is 0 Å². The van der Waals surface area contributed by atoms with Gasteiger partial charge in [0.15, 0.2) is 0 Å². The zero-order valence-corrected chi connectivity index (χ0v) is 20.4. The minimum Gasteiger partial charge on any atom is -0.360 e. The highest BCUT2D eigenvalue weighted by atomic mass is 32.2. The Morgan fingerprint density at radius 3 is 2.52 bits per heavy atom. The molecule has 0 saturated heterocycles. The van der Waals surface area contributed by atoms with Crippen LogP contribution in [0.1, 0.15) is 70.7 Å². The number of nitrogens with zero attached hydrogens (tertiary/aromatic N) is 3. The van der Waals surface area contributed by atoms with Gasteiger partial charge < -0.3 is 5.32 Å². The number of aryl methyl sites for hydroxylation is 1. The lowest BCUT2D eigenvalue weighted by atomic mass is 10.1. The van der Waals surface area contributed by atoms with Crippen LogP contribution >= 0.6 is 11.8 Å². The fourth-order valence-corrected chi connectivity index (χ4v) is 4.14. The molecule has 2 N–H and O–H groups in total. The molecule has 0 fully saturated rings. The number of hydrogen-bond donors (Lipinski definition) is 2. The van der Waals surface area contributed by atoms with Gasteiger partial charge in [0.25, 0.3) is 0 Å². The molecule has 168 valence electrons. The second-order valence-corrected chi connectivity index (χ2v) is 9.33. The number of pyridine rings is 1. The second kappa shape index (κ2) is 13.9. The van der Waals surface area contributed by atoms with Gasteiger partial charge in [-0.2, -0.15) is 27.2 Å². The lowest BCUT2D eigenvalue weighted by Crippen LogP contribution is -2.16. The minimum atomic E-state index is 0.0671. The van der Waals surface area contributed by atoms with Gasteiger partial charge in [0.05, 0.1) is 12.2 Å². The Labute approximate surface area is 191 Å². The Morgan fingerprint density at radius 2 is 1.84 bits per heavy atom. The van der Waals surface area contributed by atoms with E-state index in [4.69, 9.17) is 0 Å². The van der Waals surface area contributed by atoms with E-state index in [0.29, 0.717) is 0 Å². The van der Waals surface area contributed by atoms with Crippen molar-refractivity contribution in [1.82, 2.24) is 20.4 Å². The average molecular weight is 440 g/mol. The van der Waals surface area contributed by atoms with Gasteiger partial charge in [-0.05, 0) is 71.9 Å². The predicted molar refractivity (Wildman–Crippen MR) is 134 cm³/mol. The van der Waals surface area contributed by atoms with E-state index >= 15 is 0 Å². The molecule has 2 aromatic rings. The van der Waals surface area contributed by atoms with Gasteiger partial charge in [0.1, 0.15) is 11.5 Å². The quantitative estimate of drug-likeness (QED) is 0.265. The Kier molecular flexibility index (Phi) is 11.1. The van der Waals surface area contributed by atoms with Crippen molar-refractivity contribution in [3.8, 4) is 0 Å². The lowest BCUT2D eigenvalue weighted by molar-refractivity contribution is 0.820. The molecule has 0 aromatic carbocycles. The number of aromatic amines is 1. The van der Waals surface area contributed by atoms with E-state index in [1.807, 2.05) is 24.0 Å². The Balaban J connectivity index is 1.78. The molecule has 0 aliphatic heterocycles. The fraction of sp³-hybridized carbons (Fsp3) is 0.480.